The summed E-state index contributed by atoms with van der Waals surface area (Å²) >= 11 is 3.57. The second kappa shape index (κ2) is 7.88. The number of benzene rings is 1. The van der Waals surface area contributed by atoms with Gasteiger partial charge in [-0.3, -0.25) is 0 Å². The summed E-state index contributed by atoms with van der Waals surface area (Å²) in [6.45, 7) is 5.58. The van der Waals surface area contributed by atoms with Crippen LogP contribution in [0.2, 0.25) is 0 Å². The molecule has 1 aromatic rings. The Hall–Kier alpha value is -0.580. The van der Waals surface area contributed by atoms with Crippen LogP contribution < -0.4 is 10.1 Å². The van der Waals surface area contributed by atoms with Gasteiger partial charge in [0.2, 0.25) is 0 Å². The fourth-order valence-electron chi connectivity index (χ4n) is 2.22. The quantitative estimate of drug-likeness (QED) is 0.831. The number of hydrogen-bond acceptors (Lipinski definition) is 3. The van der Waals surface area contributed by atoms with Crippen LogP contribution in [0.1, 0.15) is 31.7 Å². The van der Waals surface area contributed by atoms with Crippen LogP contribution in [0.15, 0.2) is 22.7 Å². The average Bonchev–Trinajstić information content (AvgIpc) is 2.92. The van der Waals surface area contributed by atoms with Gasteiger partial charge in [-0.1, -0.05) is 22.9 Å². The normalized spacial score (nSPS) is 18.7. The zero-order valence-corrected chi connectivity index (χ0v) is 13.0. The van der Waals surface area contributed by atoms with Crippen molar-refractivity contribution in [3.8, 4) is 5.75 Å². The first-order valence-corrected chi connectivity index (χ1v) is 7.82. The number of ether oxygens (including phenoxy) is 2. The molecule has 4 heteroatoms. The van der Waals surface area contributed by atoms with Gasteiger partial charge in [0.15, 0.2) is 0 Å². The maximum Gasteiger partial charge on any atom is 0.119 e. The van der Waals surface area contributed by atoms with E-state index in [1.807, 2.05) is 12.1 Å². The van der Waals surface area contributed by atoms with Crippen LogP contribution in [0, 0.1) is 0 Å². The number of hydrogen-bond donors (Lipinski definition) is 1. The second-order valence-electron chi connectivity index (χ2n) is 4.81. The topological polar surface area (TPSA) is 30.5 Å². The molecule has 0 amide bonds. The molecule has 1 aromatic carbocycles. The maximum atomic E-state index is 5.81. The smallest absolute Gasteiger partial charge is 0.119 e. The summed E-state index contributed by atoms with van der Waals surface area (Å²) in [6, 6.07) is 6.16. The minimum absolute atomic E-state index is 0.400. The Morgan fingerprint density at radius 3 is 3.11 bits per heavy atom. The fourth-order valence-corrected chi connectivity index (χ4v) is 2.60. The summed E-state index contributed by atoms with van der Waals surface area (Å²) in [6.07, 6.45) is 3.75. The van der Waals surface area contributed by atoms with Crippen molar-refractivity contribution >= 4 is 15.9 Å². The van der Waals surface area contributed by atoms with Crippen LogP contribution in [0.4, 0.5) is 0 Å². The van der Waals surface area contributed by atoms with E-state index in [0.717, 1.165) is 42.9 Å². The molecule has 0 radical (unpaired) electrons. The standard InChI is InChI=1S/C15H22BrNO2/c1-2-17-11-12-10-14(5-6-15(12)16)19-9-7-13-4-3-8-18-13/h5-6,10,13,17H,2-4,7-9,11H2,1H3. The van der Waals surface area contributed by atoms with E-state index in [-0.39, 0.29) is 0 Å². The first kappa shape index (κ1) is 14.8. The Labute approximate surface area is 123 Å². The Balaban J connectivity index is 1.81. The highest BCUT2D eigenvalue weighted by molar-refractivity contribution is 9.10. The third-order valence-corrected chi connectivity index (χ3v) is 4.09. The molecule has 1 saturated heterocycles. The van der Waals surface area contributed by atoms with Crippen molar-refractivity contribution in [3.63, 3.8) is 0 Å². The van der Waals surface area contributed by atoms with Gasteiger partial charge >= 0.3 is 0 Å². The lowest BCUT2D eigenvalue weighted by Gasteiger charge is -2.12. The van der Waals surface area contributed by atoms with Gasteiger partial charge in [0.1, 0.15) is 5.75 Å². The molecule has 0 bridgehead atoms. The molecule has 3 nitrogen and oxygen atoms in total. The molecular weight excluding hydrogens is 306 g/mol. The summed E-state index contributed by atoms with van der Waals surface area (Å²) in [5.41, 5.74) is 1.23. The van der Waals surface area contributed by atoms with Gasteiger partial charge in [-0.25, -0.2) is 0 Å². The summed E-state index contributed by atoms with van der Waals surface area (Å²) in [5.74, 6) is 0.939. The van der Waals surface area contributed by atoms with Crippen molar-refractivity contribution in [1.29, 1.82) is 0 Å². The van der Waals surface area contributed by atoms with E-state index in [9.17, 15) is 0 Å². The van der Waals surface area contributed by atoms with E-state index in [4.69, 9.17) is 9.47 Å². The van der Waals surface area contributed by atoms with Gasteiger partial charge in [0, 0.05) is 24.0 Å². The van der Waals surface area contributed by atoms with Gasteiger partial charge in [-0.05, 0) is 43.1 Å². The van der Waals surface area contributed by atoms with Crippen molar-refractivity contribution in [2.45, 2.75) is 38.8 Å². The highest BCUT2D eigenvalue weighted by Crippen LogP contribution is 2.23. The molecular formula is C15H22BrNO2. The highest BCUT2D eigenvalue weighted by atomic mass is 79.9. The number of nitrogens with one attached hydrogen (secondary N) is 1. The van der Waals surface area contributed by atoms with Gasteiger partial charge in [0.05, 0.1) is 12.7 Å². The summed E-state index contributed by atoms with van der Waals surface area (Å²) < 4.78 is 12.5. The summed E-state index contributed by atoms with van der Waals surface area (Å²) in [5, 5.41) is 3.33. The second-order valence-corrected chi connectivity index (χ2v) is 5.66. The first-order valence-electron chi connectivity index (χ1n) is 7.03. The molecule has 106 valence electrons. The Morgan fingerprint density at radius 2 is 2.37 bits per heavy atom. The lowest BCUT2D eigenvalue weighted by molar-refractivity contribution is 0.0903. The van der Waals surface area contributed by atoms with E-state index in [1.54, 1.807) is 0 Å². The lowest BCUT2D eigenvalue weighted by atomic mass is 10.2. The van der Waals surface area contributed by atoms with E-state index in [0.29, 0.717) is 6.10 Å². The van der Waals surface area contributed by atoms with Crippen molar-refractivity contribution in [2.24, 2.45) is 0 Å². The molecule has 1 aliphatic heterocycles. The molecule has 1 N–H and O–H groups in total. The van der Waals surface area contributed by atoms with Crippen molar-refractivity contribution in [2.75, 3.05) is 19.8 Å². The van der Waals surface area contributed by atoms with Crippen LogP contribution in [-0.4, -0.2) is 25.9 Å². The molecule has 1 atom stereocenters. The summed E-state index contributed by atoms with van der Waals surface area (Å²) in [7, 11) is 0. The molecule has 0 aliphatic carbocycles. The fraction of sp³-hybridized carbons (Fsp3) is 0.600. The van der Waals surface area contributed by atoms with Crippen LogP contribution in [0.25, 0.3) is 0 Å². The third-order valence-electron chi connectivity index (χ3n) is 3.32. The molecule has 0 spiro atoms. The molecule has 1 heterocycles. The molecule has 19 heavy (non-hydrogen) atoms. The number of rotatable bonds is 7. The molecule has 2 rings (SSSR count). The van der Waals surface area contributed by atoms with E-state index < -0.39 is 0 Å². The summed E-state index contributed by atoms with van der Waals surface area (Å²) in [4.78, 5) is 0. The predicted octanol–water partition coefficient (Wildman–Crippen LogP) is 3.51. The van der Waals surface area contributed by atoms with E-state index >= 15 is 0 Å². The molecule has 0 aromatic heterocycles. The van der Waals surface area contributed by atoms with Crippen LogP contribution in [0.5, 0.6) is 5.75 Å². The SMILES string of the molecule is CCNCc1cc(OCCC2CCCO2)ccc1Br. The lowest BCUT2D eigenvalue weighted by Crippen LogP contribution is -2.13. The Morgan fingerprint density at radius 1 is 1.47 bits per heavy atom. The van der Waals surface area contributed by atoms with E-state index in [2.05, 4.69) is 34.2 Å². The van der Waals surface area contributed by atoms with Crippen LogP contribution in [-0.2, 0) is 11.3 Å². The molecule has 1 unspecified atom stereocenters. The van der Waals surface area contributed by atoms with Gasteiger partial charge in [0.25, 0.3) is 0 Å². The van der Waals surface area contributed by atoms with Crippen LogP contribution >= 0.6 is 15.9 Å². The highest BCUT2D eigenvalue weighted by Gasteiger charge is 2.15. The molecule has 1 fully saturated rings. The number of halogens is 1. The average molecular weight is 328 g/mol. The first-order chi connectivity index (χ1) is 9.29. The molecule has 0 saturated carbocycles. The molecule has 1 aliphatic rings. The van der Waals surface area contributed by atoms with Crippen LogP contribution in [0.3, 0.4) is 0 Å². The van der Waals surface area contributed by atoms with Gasteiger partial charge < -0.3 is 14.8 Å². The Kier molecular flexibility index (Phi) is 6.14. The van der Waals surface area contributed by atoms with Crippen molar-refractivity contribution < 1.29 is 9.47 Å². The minimum atomic E-state index is 0.400. The minimum Gasteiger partial charge on any atom is -0.493 e. The predicted molar refractivity (Wildman–Crippen MR) is 80.6 cm³/mol. The zero-order chi connectivity index (χ0) is 13.5. The zero-order valence-electron chi connectivity index (χ0n) is 11.5. The van der Waals surface area contributed by atoms with Crippen molar-refractivity contribution in [1.82, 2.24) is 5.32 Å². The van der Waals surface area contributed by atoms with Gasteiger partial charge in [-0.2, -0.15) is 0 Å². The largest absolute Gasteiger partial charge is 0.493 e. The van der Waals surface area contributed by atoms with Gasteiger partial charge in [-0.15, -0.1) is 0 Å². The van der Waals surface area contributed by atoms with E-state index in [1.165, 1.54) is 18.4 Å². The maximum absolute atomic E-state index is 5.81. The monoisotopic (exact) mass is 327 g/mol. The Bertz CT molecular complexity index is 392. The van der Waals surface area contributed by atoms with Crippen molar-refractivity contribution in [3.05, 3.63) is 28.2 Å². The third kappa shape index (κ3) is 4.79.